The molecule has 1 aliphatic rings. The summed E-state index contributed by atoms with van der Waals surface area (Å²) >= 11 is 0. The van der Waals surface area contributed by atoms with Crippen molar-refractivity contribution < 1.29 is 18.9 Å². The van der Waals surface area contributed by atoms with Crippen molar-refractivity contribution in [2.45, 2.75) is 6.61 Å². The summed E-state index contributed by atoms with van der Waals surface area (Å²) in [5, 5.41) is 0. The second-order valence-corrected chi connectivity index (χ2v) is 4.38. The lowest BCUT2D eigenvalue weighted by atomic mass is 10.2. The van der Waals surface area contributed by atoms with Crippen LogP contribution < -0.4 is 24.7 Å². The van der Waals surface area contributed by atoms with Gasteiger partial charge in [-0.15, -0.1) is 0 Å². The molecule has 0 fully saturated rings. The molecule has 1 aliphatic heterocycles. The van der Waals surface area contributed by atoms with Crippen molar-refractivity contribution >= 4 is 5.69 Å². The first-order valence-corrected chi connectivity index (χ1v) is 6.21. The molecule has 0 aromatic heterocycles. The van der Waals surface area contributed by atoms with Crippen molar-refractivity contribution in [3.05, 3.63) is 42.0 Å². The van der Waals surface area contributed by atoms with Crippen LogP contribution in [0.5, 0.6) is 23.0 Å². The van der Waals surface area contributed by atoms with Gasteiger partial charge in [0.2, 0.25) is 6.79 Å². The lowest BCUT2D eigenvalue weighted by molar-refractivity contribution is 0.173. The van der Waals surface area contributed by atoms with Crippen LogP contribution in [0, 0.1) is 0 Å². The summed E-state index contributed by atoms with van der Waals surface area (Å²) in [6, 6.07) is 11.0. The van der Waals surface area contributed by atoms with Gasteiger partial charge in [0.15, 0.2) is 11.5 Å². The van der Waals surface area contributed by atoms with Crippen LogP contribution in [0.1, 0.15) is 5.56 Å². The molecule has 0 aliphatic carbocycles. The van der Waals surface area contributed by atoms with Gasteiger partial charge < -0.3 is 24.7 Å². The van der Waals surface area contributed by atoms with Crippen molar-refractivity contribution in [2.75, 3.05) is 19.6 Å². The lowest BCUT2D eigenvalue weighted by Gasteiger charge is -2.11. The molecule has 5 nitrogen and oxygen atoms in total. The molecule has 3 rings (SSSR count). The minimum absolute atomic E-state index is 0.255. The molecule has 0 amide bonds. The Morgan fingerprint density at radius 3 is 2.80 bits per heavy atom. The molecule has 0 saturated heterocycles. The van der Waals surface area contributed by atoms with Gasteiger partial charge in [0.25, 0.3) is 0 Å². The summed E-state index contributed by atoms with van der Waals surface area (Å²) in [6.45, 7) is 0.646. The van der Waals surface area contributed by atoms with E-state index in [1.165, 1.54) is 0 Å². The van der Waals surface area contributed by atoms with E-state index < -0.39 is 0 Å². The Labute approximate surface area is 116 Å². The van der Waals surface area contributed by atoms with Gasteiger partial charge in [0.1, 0.15) is 18.1 Å². The normalized spacial score (nSPS) is 12.2. The first-order valence-electron chi connectivity index (χ1n) is 6.21. The van der Waals surface area contributed by atoms with Gasteiger partial charge in [0.05, 0.1) is 7.11 Å². The third kappa shape index (κ3) is 2.42. The van der Waals surface area contributed by atoms with Crippen LogP contribution in [0.2, 0.25) is 0 Å². The van der Waals surface area contributed by atoms with E-state index in [9.17, 15) is 0 Å². The first kappa shape index (κ1) is 12.5. The molecule has 0 unspecified atom stereocenters. The maximum atomic E-state index is 5.74. The third-order valence-corrected chi connectivity index (χ3v) is 3.05. The zero-order chi connectivity index (χ0) is 13.9. The predicted molar refractivity (Wildman–Crippen MR) is 74.3 cm³/mol. The topological polar surface area (TPSA) is 62.9 Å². The number of hydrogen-bond acceptors (Lipinski definition) is 5. The molecule has 0 atom stereocenters. The van der Waals surface area contributed by atoms with Crippen LogP contribution >= 0.6 is 0 Å². The molecule has 104 valence electrons. The molecule has 0 bridgehead atoms. The molecule has 1 heterocycles. The third-order valence-electron chi connectivity index (χ3n) is 3.05. The van der Waals surface area contributed by atoms with Gasteiger partial charge in [-0.05, 0) is 24.3 Å². The minimum Gasteiger partial charge on any atom is -0.496 e. The molecule has 5 heteroatoms. The van der Waals surface area contributed by atoms with E-state index in [-0.39, 0.29) is 6.79 Å². The molecule has 0 radical (unpaired) electrons. The van der Waals surface area contributed by atoms with Gasteiger partial charge in [-0.3, -0.25) is 0 Å². The smallest absolute Gasteiger partial charge is 0.231 e. The van der Waals surface area contributed by atoms with E-state index in [2.05, 4.69) is 0 Å². The number of nitrogen functional groups attached to an aromatic ring is 1. The number of rotatable bonds is 4. The molecule has 20 heavy (non-hydrogen) atoms. The monoisotopic (exact) mass is 273 g/mol. The lowest BCUT2D eigenvalue weighted by Crippen LogP contribution is -1.99. The number of nitrogens with two attached hydrogens (primary N) is 1. The molecule has 0 saturated carbocycles. The average Bonchev–Trinajstić information content (AvgIpc) is 2.93. The van der Waals surface area contributed by atoms with Crippen LogP contribution in [0.3, 0.4) is 0 Å². The summed E-state index contributed by atoms with van der Waals surface area (Å²) in [4.78, 5) is 0. The summed E-state index contributed by atoms with van der Waals surface area (Å²) < 4.78 is 21.6. The number of anilines is 1. The van der Waals surface area contributed by atoms with E-state index in [0.717, 1.165) is 11.3 Å². The maximum absolute atomic E-state index is 5.74. The highest BCUT2D eigenvalue weighted by Crippen LogP contribution is 2.35. The van der Waals surface area contributed by atoms with Crippen molar-refractivity contribution in [1.82, 2.24) is 0 Å². The maximum Gasteiger partial charge on any atom is 0.231 e. The van der Waals surface area contributed by atoms with Crippen LogP contribution in [-0.2, 0) is 6.61 Å². The predicted octanol–water partition coefficient (Wildman–Crippen LogP) is 2.59. The van der Waals surface area contributed by atoms with Crippen molar-refractivity contribution in [3.8, 4) is 23.0 Å². The molecule has 2 N–H and O–H groups in total. The minimum atomic E-state index is 0.255. The van der Waals surface area contributed by atoms with Gasteiger partial charge in [0, 0.05) is 23.4 Å². The highest BCUT2D eigenvalue weighted by molar-refractivity contribution is 5.49. The SMILES string of the molecule is COc1cc(N)ccc1COc1ccc2c(c1)OCO2. The van der Waals surface area contributed by atoms with Gasteiger partial charge in [-0.25, -0.2) is 0 Å². The van der Waals surface area contributed by atoms with Gasteiger partial charge in [-0.1, -0.05) is 0 Å². The zero-order valence-electron chi connectivity index (χ0n) is 11.1. The van der Waals surface area contributed by atoms with E-state index in [1.54, 1.807) is 13.2 Å². The van der Waals surface area contributed by atoms with Crippen LogP contribution in [0.15, 0.2) is 36.4 Å². The Morgan fingerprint density at radius 1 is 1.10 bits per heavy atom. The Morgan fingerprint density at radius 2 is 1.95 bits per heavy atom. The largest absolute Gasteiger partial charge is 0.496 e. The Hall–Kier alpha value is -2.56. The molecule has 2 aromatic carbocycles. The number of hydrogen-bond donors (Lipinski definition) is 1. The second kappa shape index (κ2) is 5.21. The quantitative estimate of drug-likeness (QED) is 0.867. The van der Waals surface area contributed by atoms with Gasteiger partial charge in [-0.2, -0.15) is 0 Å². The fourth-order valence-corrected chi connectivity index (χ4v) is 2.01. The van der Waals surface area contributed by atoms with Crippen LogP contribution in [0.4, 0.5) is 5.69 Å². The van der Waals surface area contributed by atoms with E-state index in [4.69, 9.17) is 24.7 Å². The zero-order valence-corrected chi connectivity index (χ0v) is 11.1. The highest BCUT2D eigenvalue weighted by atomic mass is 16.7. The highest BCUT2D eigenvalue weighted by Gasteiger charge is 2.14. The van der Waals surface area contributed by atoms with E-state index >= 15 is 0 Å². The Bertz CT molecular complexity index is 627. The molecular formula is C15H15NO4. The standard InChI is InChI=1S/C15H15NO4/c1-17-14-6-11(16)3-2-10(14)8-18-12-4-5-13-15(7-12)20-9-19-13/h2-7H,8-9,16H2,1H3. The molecular weight excluding hydrogens is 258 g/mol. The summed E-state index contributed by atoms with van der Waals surface area (Å²) in [5.74, 6) is 2.87. The Balaban J connectivity index is 1.73. The summed E-state index contributed by atoms with van der Waals surface area (Å²) in [7, 11) is 1.61. The summed E-state index contributed by atoms with van der Waals surface area (Å²) in [6.07, 6.45) is 0. The summed E-state index contributed by atoms with van der Waals surface area (Å²) in [5.41, 5.74) is 7.31. The number of fused-ring (bicyclic) bond motifs is 1. The second-order valence-electron chi connectivity index (χ2n) is 4.38. The first-order chi connectivity index (χ1) is 9.76. The number of ether oxygens (including phenoxy) is 4. The molecule has 2 aromatic rings. The van der Waals surface area contributed by atoms with Crippen molar-refractivity contribution in [1.29, 1.82) is 0 Å². The number of benzene rings is 2. The average molecular weight is 273 g/mol. The van der Waals surface area contributed by atoms with E-state index in [0.29, 0.717) is 29.5 Å². The fourth-order valence-electron chi connectivity index (χ4n) is 2.01. The van der Waals surface area contributed by atoms with Crippen LogP contribution in [-0.4, -0.2) is 13.9 Å². The van der Waals surface area contributed by atoms with Crippen LogP contribution in [0.25, 0.3) is 0 Å². The Kier molecular flexibility index (Phi) is 3.25. The van der Waals surface area contributed by atoms with E-state index in [1.807, 2.05) is 30.3 Å². The van der Waals surface area contributed by atoms with Gasteiger partial charge >= 0.3 is 0 Å². The van der Waals surface area contributed by atoms with Crippen molar-refractivity contribution in [2.24, 2.45) is 0 Å². The number of methoxy groups -OCH3 is 1. The fraction of sp³-hybridized carbons (Fsp3) is 0.200. The van der Waals surface area contributed by atoms with Crippen molar-refractivity contribution in [3.63, 3.8) is 0 Å². The molecule has 0 spiro atoms.